The van der Waals surface area contributed by atoms with Gasteiger partial charge >= 0.3 is 0 Å². The van der Waals surface area contributed by atoms with E-state index < -0.39 is 0 Å². The zero-order valence-corrected chi connectivity index (χ0v) is 9.66. The van der Waals surface area contributed by atoms with E-state index in [1.165, 1.54) is 16.5 Å². The van der Waals surface area contributed by atoms with Gasteiger partial charge in [0, 0.05) is 31.7 Å². The Morgan fingerprint density at radius 3 is 2.88 bits per heavy atom. The van der Waals surface area contributed by atoms with Crippen LogP contribution in [0, 0.1) is 6.92 Å². The summed E-state index contributed by atoms with van der Waals surface area (Å²) in [5, 5.41) is 4.50. The van der Waals surface area contributed by atoms with E-state index >= 15 is 0 Å². The molecular weight excluding hydrogens is 200 g/mol. The van der Waals surface area contributed by atoms with E-state index in [1.54, 1.807) is 0 Å². The van der Waals surface area contributed by atoms with Crippen molar-refractivity contribution in [1.82, 2.24) is 9.88 Å². The predicted molar refractivity (Wildman–Crippen MR) is 64.9 cm³/mol. The quantitative estimate of drug-likeness (QED) is 0.829. The SMILES string of the molecule is Cc1cn(C)c2c(OC3CNC3)cccc12. The summed E-state index contributed by atoms with van der Waals surface area (Å²) in [4.78, 5) is 0. The number of nitrogens with one attached hydrogen (secondary N) is 1. The molecule has 84 valence electrons. The number of fused-ring (bicyclic) bond motifs is 1. The summed E-state index contributed by atoms with van der Waals surface area (Å²) in [7, 11) is 2.07. The van der Waals surface area contributed by atoms with Crippen molar-refractivity contribution in [2.24, 2.45) is 7.05 Å². The molecule has 1 aliphatic heterocycles. The fourth-order valence-electron chi connectivity index (χ4n) is 2.25. The Balaban J connectivity index is 2.08. The van der Waals surface area contributed by atoms with Gasteiger partial charge in [0.05, 0.1) is 5.52 Å². The van der Waals surface area contributed by atoms with E-state index in [4.69, 9.17) is 4.74 Å². The normalized spacial score (nSPS) is 16.4. The maximum Gasteiger partial charge on any atom is 0.144 e. The fourth-order valence-corrected chi connectivity index (χ4v) is 2.25. The number of hydrogen-bond acceptors (Lipinski definition) is 2. The Hall–Kier alpha value is -1.48. The van der Waals surface area contributed by atoms with Gasteiger partial charge in [-0.1, -0.05) is 12.1 Å². The topological polar surface area (TPSA) is 26.2 Å². The van der Waals surface area contributed by atoms with Crippen molar-refractivity contribution < 1.29 is 4.74 Å². The van der Waals surface area contributed by atoms with Crippen LogP contribution in [0.5, 0.6) is 5.75 Å². The van der Waals surface area contributed by atoms with Gasteiger partial charge < -0.3 is 14.6 Å². The maximum absolute atomic E-state index is 5.97. The van der Waals surface area contributed by atoms with Crippen LogP contribution in [0.4, 0.5) is 0 Å². The Bertz CT molecular complexity index is 526. The zero-order chi connectivity index (χ0) is 11.1. The predicted octanol–water partition coefficient (Wildman–Crippen LogP) is 1.84. The number of para-hydroxylation sites is 1. The molecule has 0 aliphatic carbocycles. The number of ether oxygens (including phenoxy) is 1. The standard InChI is InChI=1S/C13H16N2O/c1-9-8-15(2)13-11(9)4-3-5-12(13)16-10-6-14-7-10/h3-5,8,10,14H,6-7H2,1-2H3. The van der Waals surface area contributed by atoms with E-state index in [2.05, 4.69) is 48.3 Å². The lowest BCUT2D eigenvalue weighted by molar-refractivity contribution is 0.144. The highest BCUT2D eigenvalue weighted by atomic mass is 16.5. The molecule has 0 amide bonds. The van der Waals surface area contributed by atoms with Crippen molar-refractivity contribution in [3.05, 3.63) is 30.0 Å². The van der Waals surface area contributed by atoms with Crippen molar-refractivity contribution in [1.29, 1.82) is 0 Å². The molecule has 0 unspecified atom stereocenters. The minimum atomic E-state index is 0.334. The van der Waals surface area contributed by atoms with Crippen LogP contribution in [0.1, 0.15) is 5.56 Å². The second-order valence-electron chi connectivity index (χ2n) is 4.47. The minimum absolute atomic E-state index is 0.334. The first-order chi connectivity index (χ1) is 7.75. The number of nitrogens with zero attached hydrogens (tertiary/aromatic N) is 1. The monoisotopic (exact) mass is 216 g/mol. The van der Waals surface area contributed by atoms with Crippen molar-refractivity contribution in [3.63, 3.8) is 0 Å². The molecule has 0 radical (unpaired) electrons. The van der Waals surface area contributed by atoms with Gasteiger partial charge in [-0.15, -0.1) is 0 Å². The molecular formula is C13H16N2O. The molecule has 1 fully saturated rings. The van der Waals surface area contributed by atoms with Crippen LogP contribution in [0.2, 0.25) is 0 Å². The van der Waals surface area contributed by atoms with E-state index in [-0.39, 0.29) is 0 Å². The van der Waals surface area contributed by atoms with Gasteiger partial charge in [0.1, 0.15) is 11.9 Å². The number of benzene rings is 1. The lowest BCUT2D eigenvalue weighted by Crippen LogP contribution is -2.50. The van der Waals surface area contributed by atoms with Gasteiger partial charge in [0.15, 0.2) is 0 Å². The highest BCUT2D eigenvalue weighted by molar-refractivity contribution is 5.88. The molecule has 1 saturated heterocycles. The van der Waals surface area contributed by atoms with Crippen LogP contribution >= 0.6 is 0 Å². The summed E-state index contributed by atoms with van der Waals surface area (Å²) in [6, 6.07) is 6.27. The van der Waals surface area contributed by atoms with Crippen LogP contribution < -0.4 is 10.1 Å². The van der Waals surface area contributed by atoms with Crippen molar-refractivity contribution >= 4 is 10.9 Å². The van der Waals surface area contributed by atoms with E-state index in [0.29, 0.717) is 6.10 Å². The van der Waals surface area contributed by atoms with E-state index in [9.17, 15) is 0 Å². The molecule has 1 aliphatic rings. The lowest BCUT2D eigenvalue weighted by atomic mass is 10.2. The number of aryl methyl sites for hydroxylation is 2. The first kappa shape index (κ1) is 9.73. The Morgan fingerprint density at radius 2 is 2.19 bits per heavy atom. The third-order valence-corrected chi connectivity index (χ3v) is 3.20. The van der Waals surface area contributed by atoms with Gasteiger partial charge in [-0.2, -0.15) is 0 Å². The minimum Gasteiger partial charge on any atom is -0.486 e. The number of hydrogen-bond donors (Lipinski definition) is 1. The molecule has 0 saturated carbocycles. The molecule has 0 bridgehead atoms. The maximum atomic E-state index is 5.97. The summed E-state index contributed by atoms with van der Waals surface area (Å²) < 4.78 is 8.12. The number of rotatable bonds is 2. The molecule has 2 aromatic rings. The third-order valence-electron chi connectivity index (χ3n) is 3.20. The molecule has 16 heavy (non-hydrogen) atoms. The van der Waals surface area contributed by atoms with Gasteiger partial charge in [-0.05, 0) is 18.6 Å². The molecule has 2 heterocycles. The molecule has 1 aromatic carbocycles. The van der Waals surface area contributed by atoms with Gasteiger partial charge in [-0.25, -0.2) is 0 Å². The van der Waals surface area contributed by atoms with Crippen molar-refractivity contribution in [2.45, 2.75) is 13.0 Å². The molecule has 3 nitrogen and oxygen atoms in total. The van der Waals surface area contributed by atoms with Crippen LogP contribution in [-0.2, 0) is 7.05 Å². The average molecular weight is 216 g/mol. The van der Waals surface area contributed by atoms with Crippen LogP contribution in [0.3, 0.4) is 0 Å². The fraction of sp³-hybridized carbons (Fsp3) is 0.385. The van der Waals surface area contributed by atoms with Gasteiger partial charge in [-0.3, -0.25) is 0 Å². The Labute approximate surface area is 95.0 Å². The van der Waals surface area contributed by atoms with E-state index in [1.807, 2.05) is 0 Å². The molecule has 0 atom stereocenters. The molecule has 1 N–H and O–H groups in total. The molecule has 1 aromatic heterocycles. The summed E-state index contributed by atoms with van der Waals surface area (Å²) in [5.74, 6) is 1.000. The first-order valence-electron chi connectivity index (χ1n) is 5.68. The highest BCUT2D eigenvalue weighted by Crippen LogP contribution is 2.29. The Kier molecular flexibility index (Phi) is 2.14. The Morgan fingerprint density at radius 1 is 1.38 bits per heavy atom. The molecule has 3 heteroatoms. The van der Waals surface area contributed by atoms with Crippen LogP contribution in [0.25, 0.3) is 10.9 Å². The van der Waals surface area contributed by atoms with Crippen LogP contribution in [-0.4, -0.2) is 23.8 Å². The summed E-state index contributed by atoms with van der Waals surface area (Å²) >= 11 is 0. The third kappa shape index (κ3) is 1.39. The second-order valence-corrected chi connectivity index (χ2v) is 4.47. The number of aromatic nitrogens is 1. The first-order valence-corrected chi connectivity index (χ1v) is 5.68. The van der Waals surface area contributed by atoms with Crippen molar-refractivity contribution in [2.75, 3.05) is 13.1 Å². The largest absolute Gasteiger partial charge is 0.486 e. The highest BCUT2D eigenvalue weighted by Gasteiger charge is 2.20. The van der Waals surface area contributed by atoms with Gasteiger partial charge in [0.25, 0.3) is 0 Å². The molecule has 0 spiro atoms. The second kappa shape index (κ2) is 3.52. The van der Waals surface area contributed by atoms with Gasteiger partial charge in [0.2, 0.25) is 0 Å². The lowest BCUT2D eigenvalue weighted by Gasteiger charge is -2.28. The summed E-state index contributed by atoms with van der Waals surface area (Å²) in [5.41, 5.74) is 2.50. The van der Waals surface area contributed by atoms with Crippen molar-refractivity contribution in [3.8, 4) is 5.75 Å². The van der Waals surface area contributed by atoms with Crippen LogP contribution in [0.15, 0.2) is 24.4 Å². The summed E-state index contributed by atoms with van der Waals surface area (Å²) in [6.45, 7) is 4.05. The zero-order valence-electron chi connectivity index (χ0n) is 9.66. The van der Waals surface area contributed by atoms with E-state index in [0.717, 1.165) is 18.8 Å². The average Bonchev–Trinajstić information content (AvgIpc) is 2.50. The molecule has 3 rings (SSSR count). The smallest absolute Gasteiger partial charge is 0.144 e. The summed E-state index contributed by atoms with van der Waals surface area (Å²) in [6.07, 6.45) is 2.48.